The van der Waals surface area contributed by atoms with Gasteiger partial charge in [0.2, 0.25) is 5.91 Å². The molecular weight excluding hydrogens is 356 g/mol. The second-order valence-electron chi connectivity index (χ2n) is 7.22. The third kappa shape index (κ3) is 7.64. The van der Waals surface area contributed by atoms with Crippen LogP contribution in [0.3, 0.4) is 0 Å². The number of carbonyl (C=O) groups is 2. The standard InChI is InChI=1S/C22H30N2O4/c1-17-15-18(12-13-23-17)16-20(25)11-10-19-7-6-8-21(26)24(19)14-5-3-2-4-9-22(27)28/h3,5,10-13,15,19-20,25H,2,4,6-9,14,16H2,1H3,(H,27,28)/b5-3-,11-10+/t19-,20?/m1/s1. The van der Waals surface area contributed by atoms with Crippen LogP contribution >= 0.6 is 0 Å². The number of carboxylic acid groups (broad SMARTS) is 1. The first kappa shape index (κ1) is 21.8. The van der Waals surface area contributed by atoms with Crippen molar-refractivity contribution >= 4 is 11.9 Å². The number of aliphatic hydroxyl groups is 1. The smallest absolute Gasteiger partial charge is 0.303 e. The van der Waals surface area contributed by atoms with Gasteiger partial charge in [-0.05, 0) is 50.3 Å². The SMILES string of the molecule is Cc1cc(CC(O)/C=C/[C@H]2CCCC(=O)N2C/C=C\CCCC(=O)O)ccn1. The minimum atomic E-state index is -0.787. The molecule has 2 N–H and O–H groups in total. The summed E-state index contributed by atoms with van der Waals surface area (Å²) in [6.07, 6.45) is 13.0. The van der Waals surface area contributed by atoms with Crippen molar-refractivity contribution < 1.29 is 19.8 Å². The van der Waals surface area contributed by atoms with Crippen LogP contribution in [0.1, 0.15) is 49.8 Å². The maximum absolute atomic E-state index is 12.3. The number of hydrogen-bond donors (Lipinski definition) is 2. The normalized spacial score (nSPS) is 18.9. The summed E-state index contributed by atoms with van der Waals surface area (Å²) in [5, 5.41) is 19.0. The Morgan fingerprint density at radius 3 is 3.00 bits per heavy atom. The molecule has 1 aliphatic heterocycles. The number of nitrogens with zero attached hydrogens (tertiary/aromatic N) is 2. The molecule has 152 valence electrons. The lowest BCUT2D eigenvalue weighted by Gasteiger charge is -2.33. The molecule has 1 amide bonds. The topological polar surface area (TPSA) is 90.7 Å². The van der Waals surface area contributed by atoms with Crippen molar-refractivity contribution in [1.82, 2.24) is 9.88 Å². The van der Waals surface area contributed by atoms with E-state index < -0.39 is 12.1 Å². The molecule has 0 aromatic carbocycles. The lowest BCUT2D eigenvalue weighted by Crippen LogP contribution is -2.42. The van der Waals surface area contributed by atoms with Crippen molar-refractivity contribution in [2.75, 3.05) is 6.54 Å². The molecule has 2 heterocycles. The van der Waals surface area contributed by atoms with Crippen LogP contribution in [0, 0.1) is 6.92 Å². The summed E-state index contributed by atoms with van der Waals surface area (Å²) in [7, 11) is 0. The van der Waals surface area contributed by atoms with Gasteiger partial charge < -0.3 is 15.1 Å². The Kier molecular flexibility index (Phi) is 8.88. The van der Waals surface area contributed by atoms with Gasteiger partial charge in [-0.1, -0.05) is 24.3 Å². The number of amides is 1. The highest BCUT2D eigenvalue weighted by Crippen LogP contribution is 2.20. The molecule has 2 atom stereocenters. The molecule has 0 saturated carbocycles. The largest absolute Gasteiger partial charge is 0.481 e. The number of hydrogen-bond acceptors (Lipinski definition) is 4. The quantitative estimate of drug-likeness (QED) is 0.476. The average molecular weight is 386 g/mol. The zero-order valence-electron chi connectivity index (χ0n) is 16.5. The second kappa shape index (κ2) is 11.4. The molecule has 1 aliphatic rings. The first-order valence-electron chi connectivity index (χ1n) is 9.90. The van der Waals surface area contributed by atoms with E-state index in [9.17, 15) is 14.7 Å². The molecule has 2 rings (SSSR count). The number of allylic oxidation sites excluding steroid dienone is 1. The van der Waals surface area contributed by atoms with Crippen molar-refractivity contribution in [1.29, 1.82) is 0 Å². The van der Waals surface area contributed by atoms with Crippen molar-refractivity contribution in [2.45, 2.75) is 64.0 Å². The third-order valence-electron chi connectivity index (χ3n) is 4.80. The van der Waals surface area contributed by atoms with E-state index in [-0.39, 0.29) is 18.4 Å². The van der Waals surface area contributed by atoms with Crippen LogP contribution in [0.5, 0.6) is 0 Å². The fourth-order valence-corrected chi connectivity index (χ4v) is 3.36. The Hall–Kier alpha value is -2.47. The van der Waals surface area contributed by atoms with Crippen LogP contribution in [0.15, 0.2) is 42.6 Å². The summed E-state index contributed by atoms with van der Waals surface area (Å²) in [6, 6.07) is 3.84. The highest BCUT2D eigenvalue weighted by Gasteiger charge is 2.25. The summed E-state index contributed by atoms with van der Waals surface area (Å²) in [6.45, 7) is 2.44. The number of aromatic nitrogens is 1. The number of aliphatic hydroxyl groups excluding tert-OH is 1. The fraction of sp³-hybridized carbons (Fsp3) is 0.500. The van der Waals surface area contributed by atoms with Gasteiger partial charge in [-0.2, -0.15) is 0 Å². The fourth-order valence-electron chi connectivity index (χ4n) is 3.36. The van der Waals surface area contributed by atoms with Crippen LogP contribution in [-0.2, 0) is 16.0 Å². The maximum atomic E-state index is 12.3. The zero-order valence-corrected chi connectivity index (χ0v) is 16.5. The predicted molar refractivity (Wildman–Crippen MR) is 108 cm³/mol. The highest BCUT2D eigenvalue weighted by molar-refractivity contribution is 5.77. The van der Waals surface area contributed by atoms with Crippen molar-refractivity contribution in [3.8, 4) is 0 Å². The van der Waals surface area contributed by atoms with E-state index in [1.807, 2.05) is 42.2 Å². The van der Waals surface area contributed by atoms with Gasteiger partial charge in [-0.15, -0.1) is 0 Å². The van der Waals surface area contributed by atoms with Crippen molar-refractivity contribution in [3.63, 3.8) is 0 Å². The summed E-state index contributed by atoms with van der Waals surface area (Å²) in [5.74, 6) is -0.666. The maximum Gasteiger partial charge on any atom is 0.303 e. The zero-order chi connectivity index (χ0) is 20.4. The van der Waals surface area contributed by atoms with Gasteiger partial charge in [-0.3, -0.25) is 14.6 Å². The predicted octanol–water partition coefficient (Wildman–Crippen LogP) is 3.04. The molecule has 1 aromatic heterocycles. The van der Waals surface area contributed by atoms with Crippen LogP contribution in [0.25, 0.3) is 0 Å². The number of rotatable bonds is 10. The minimum Gasteiger partial charge on any atom is -0.481 e. The molecule has 6 nitrogen and oxygen atoms in total. The van der Waals surface area contributed by atoms with E-state index in [0.717, 1.165) is 24.1 Å². The van der Waals surface area contributed by atoms with Gasteiger partial charge in [0.1, 0.15) is 0 Å². The lowest BCUT2D eigenvalue weighted by atomic mass is 9.99. The molecule has 1 saturated heterocycles. The van der Waals surface area contributed by atoms with E-state index >= 15 is 0 Å². The summed E-state index contributed by atoms with van der Waals surface area (Å²) in [4.78, 5) is 28.8. The molecule has 1 aromatic rings. The molecule has 0 aliphatic carbocycles. The van der Waals surface area contributed by atoms with Crippen molar-refractivity contribution in [3.05, 3.63) is 53.9 Å². The Morgan fingerprint density at radius 1 is 1.43 bits per heavy atom. The summed E-state index contributed by atoms with van der Waals surface area (Å²) in [5.41, 5.74) is 1.96. The number of likely N-dealkylation sites (tertiary alicyclic amines) is 1. The number of carbonyl (C=O) groups excluding carboxylic acids is 1. The number of aryl methyl sites for hydroxylation is 1. The van der Waals surface area contributed by atoms with Gasteiger partial charge in [0, 0.05) is 37.7 Å². The number of piperidine rings is 1. The monoisotopic (exact) mass is 386 g/mol. The Morgan fingerprint density at radius 2 is 2.25 bits per heavy atom. The Bertz CT molecular complexity index is 714. The van der Waals surface area contributed by atoms with E-state index in [0.29, 0.717) is 32.2 Å². The van der Waals surface area contributed by atoms with Crippen LogP contribution in [-0.4, -0.2) is 50.7 Å². The highest BCUT2D eigenvalue weighted by atomic mass is 16.4. The van der Waals surface area contributed by atoms with E-state index in [2.05, 4.69) is 4.98 Å². The molecule has 6 heteroatoms. The molecule has 1 fully saturated rings. The Balaban J connectivity index is 1.87. The summed E-state index contributed by atoms with van der Waals surface area (Å²) >= 11 is 0. The number of aliphatic carboxylic acids is 1. The van der Waals surface area contributed by atoms with E-state index in [4.69, 9.17) is 5.11 Å². The molecule has 1 unspecified atom stereocenters. The Labute approximate surface area is 166 Å². The van der Waals surface area contributed by atoms with Gasteiger partial charge in [0.25, 0.3) is 0 Å². The van der Waals surface area contributed by atoms with Gasteiger partial charge in [-0.25, -0.2) is 0 Å². The van der Waals surface area contributed by atoms with Crippen molar-refractivity contribution in [2.24, 2.45) is 0 Å². The van der Waals surface area contributed by atoms with Crippen LogP contribution < -0.4 is 0 Å². The number of pyridine rings is 1. The molecule has 28 heavy (non-hydrogen) atoms. The number of carboxylic acids is 1. The number of unbranched alkanes of at least 4 members (excludes halogenated alkanes) is 1. The van der Waals surface area contributed by atoms with Gasteiger partial charge in [0.15, 0.2) is 0 Å². The average Bonchev–Trinajstić information content (AvgIpc) is 2.64. The molecule has 0 spiro atoms. The van der Waals surface area contributed by atoms with Crippen LogP contribution in [0.2, 0.25) is 0 Å². The second-order valence-corrected chi connectivity index (χ2v) is 7.22. The first-order valence-corrected chi connectivity index (χ1v) is 9.90. The molecular formula is C22H30N2O4. The van der Waals surface area contributed by atoms with E-state index in [1.165, 1.54) is 0 Å². The van der Waals surface area contributed by atoms with Gasteiger partial charge in [0.05, 0.1) is 12.1 Å². The van der Waals surface area contributed by atoms with E-state index in [1.54, 1.807) is 12.3 Å². The summed E-state index contributed by atoms with van der Waals surface area (Å²) < 4.78 is 0. The van der Waals surface area contributed by atoms with Gasteiger partial charge >= 0.3 is 5.97 Å². The molecule has 0 bridgehead atoms. The lowest BCUT2D eigenvalue weighted by molar-refractivity contribution is -0.137. The minimum absolute atomic E-state index is 0.0151. The third-order valence-corrected chi connectivity index (χ3v) is 4.80. The first-order chi connectivity index (χ1) is 13.5. The van der Waals surface area contributed by atoms with Crippen LogP contribution in [0.4, 0.5) is 0 Å². The molecule has 0 radical (unpaired) electrons.